The summed E-state index contributed by atoms with van der Waals surface area (Å²) in [6.07, 6.45) is -0.0848. The van der Waals surface area contributed by atoms with E-state index in [4.69, 9.17) is 5.11 Å². The molecule has 0 aliphatic carbocycles. The molecule has 0 fully saturated rings. The van der Waals surface area contributed by atoms with E-state index in [0.717, 1.165) is 5.69 Å². The lowest BCUT2D eigenvalue weighted by atomic mass is 9.92. The van der Waals surface area contributed by atoms with Gasteiger partial charge in [-0.15, -0.1) is 0 Å². The minimum absolute atomic E-state index is 0.0848. The molecule has 3 aromatic rings. The van der Waals surface area contributed by atoms with Crippen molar-refractivity contribution in [3.05, 3.63) is 71.9 Å². The molecule has 0 saturated heterocycles. The lowest BCUT2D eigenvalue weighted by Crippen LogP contribution is -2.21. The van der Waals surface area contributed by atoms with Crippen LogP contribution in [0.3, 0.4) is 0 Å². The van der Waals surface area contributed by atoms with Crippen molar-refractivity contribution < 1.29 is 14.7 Å². The Kier molecular flexibility index (Phi) is 5.68. The van der Waals surface area contributed by atoms with E-state index in [1.807, 2.05) is 51.1 Å². The Morgan fingerprint density at radius 2 is 1.72 bits per heavy atom. The molecule has 0 atom stereocenters. The molecule has 150 valence electrons. The highest BCUT2D eigenvalue weighted by Gasteiger charge is 2.21. The van der Waals surface area contributed by atoms with E-state index < -0.39 is 5.97 Å². The van der Waals surface area contributed by atoms with Gasteiger partial charge in [0, 0.05) is 17.2 Å². The number of amides is 2. The normalized spacial score (nSPS) is 11.1. The third-order valence-corrected chi connectivity index (χ3v) is 4.26. The molecular formula is C22H24N4O3. The number of carboxylic acid groups (broad SMARTS) is 1. The molecule has 0 aliphatic heterocycles. The minimum atomic E-state index is -0.904. The Balaban J connectivity index is 1.93. The van der Waals surface area contributed by atoms with E-state index in [1.54, 1.807) is 35.0 Å². The first-order valence-corrected chi connectivity index (χ1v) is 9.27. The largest absolute Gasteiger partial charge is 0.481 e. The summed E-state index contributed by atoms with van der Waals surface area (Å²) in [5, 5.41) is 19.4. The van der Waals surface area contributed by atoms with Crippen molar-refractivity contribution in [2.24, 2.45) is 0 Å². The van der Waals surface area contributed by atoms with Gasteiger partial charge in [-0.2, -0.15) is 5.10 Å². The highest BCUT2D eigenvalue weighted by molar-refractivity contribution is 5.99. The Hall–Kier alpha value is -3.61. The van der Waals surface area contributed by atoms with Crippen LogP contribution in [0.4, 0.5) is 16.3 Å². The predicted molar refractivity (Wildman–Crippen MR) is 113 cm³/mol. The summed E-state index contributed by atoms with van der Waals surface area (Å²) in [4.78, 5) is 23.5. The molecule has 0 unspecified atom stereocenters. The van der Waals surface area contributed by atoms with Crippen LogP contribution in [-0.4, -0.2) is 26.9 Å². The average Bonchev–Trinajstić information content (AvgIpc) is 3.06. The quantitative estimate of drug-likeness (QED) is 0.598. The van der Waals surface area contributed by atoms with Gasteiger partial charge in [0.15, 0.2) is 0 Å². The fourth-order valence-electron chi connectivity index (χ4n) is 2.81. The van der Waals surface area contributed by atoms with Crippen molar-refractivity contribution in [1.29, 1.82) is 0 Å². The molecule has 0 radical (unpaired) electrons. The van der Waals surface area contributed by atoms with Crippen LogP contribution in [0.25, 0.3) is 5.69 Å². The maximum absolute atomic E-state index is 12.5. The maximum Gasteiger partial charge on any atom is 0.324 e. The number of hydrogen-bond acceptors (Lipinski definition) is 3. The lowest BCUT2D eigenvalue weighted by Gasteiger charge is -2.14. The molecule has 0 aliphatic rings. The Bertz CT molecular complexity index is 1020. The summed E-state index contributed by atoms with van der Waals surface area (Å²) in [6.45, 7) is 6.11. The second-order valence-corrected chi connectivity index (χ2v) is 7.76. The number of hydrogen-bond donors (Lipinski definition) is 3. The monoisotopic (exact) mass is 392 g/mol. The number of nitrogens with one attached hydrogen (secondary N) is 2. The molecule has 2 amide bonds. The number of aromatic nitrogens is 2. The number of urea groups is 1. The molecule has 0 saturated carbocycles. The van der Waals surface area contributed by atoms with Crippen molar-refractivity contribution in [1.82, 2.24) is 9.78 Å². The van der Waals surface area contributed by atoms with E-state index in [0.29, 0.717) is 22.8 Å². The van der Waals surface area contributed by atoms with Crippen molar-refractivity contribution in [3.63, 3.8) is 0 Å². The number of carbonyl (C=O) groups is 2. The second kappa shape index (κ2) is 8.18. The van der Waals surface area contributed by atoms with Crippen LogP contribution < -0.4 is 10.6 Å². The van der Waals surface area contributed by atoms with Crippen LogP contribution >= 0.6 is 0 Å². The predicted octanol–water partition coefficient (Wildman–Crippen LogP) is 4.44. The zero-order valence-electron chi connectivity index (χ0n) is 16.6. The van der Waals surface area contributed by atoms with Gasteiger partial charge in [-0.3, -0.25) is 10.1 Å². The summed E-state index contributed by atoms with van der Waals surface area (Å²) < 4.78 is 1.62. The first kappa shape index (κ1) is 20.1. The Morgan fingerprint density at radius 1 is 1.00 bits per heavy atom. The number of carbonyl (C=O) groups excluding carboxylic acids is 1. The topological polar surface area (TPSA) is 96.2 Å². The first-order chi connectivity index (χ1) is 13.7. The van der Waals surface area contributed by atoms with E-state index >= 15 is 0 Å². The number of rotatable bonds is 5. The smallest absolute Gasteiger partial charge is 0.324 e. The second-order valence-electron chi connectivity index (χ2n) is 7.76. The maximum atomic E-state index is 12.5. The van der Waals surface area contributed by atoms with Gasteiger partial charge in [-0.05, 0) is 29.8 Å². The molecule has 3 N–H and O–H groups in total. The molecule has 7 nitrogen and oxygen atoms in total. The molecule has 2 aromatic carbocycles. The summed E-state index contributed by atoms with van der Waals surface area (Å²) in [6, 6.07) is 17.7. The number of nitrogens with zero attached hydrogens (tertiary/aromatic N) is 2. The number of benzene rings is 2. The van der Waals surface area contributed by atoms with Crippen LogP contribution in [0.1, 0.15) is 32.0 Å². The van der Waals surface area contributed by atoms with Crippen LogP contribution in [0.5, 0.6) is 0 Å². The van der Waals surface area contributed by atoms with Gasteiger partial charge in [0.25, 0.3) is 0 Å². The third kappa shape index (κ3) is 5.22. The third-order valence-electron chi connectivity index (χ3n) is 4.26. The van der Waals surface area contributed by atoms with Crippen LogP contribution in [-0.2, 0) is 16.6 Å². The van der Waals surface area contributed by atoms with E-state index in [-0.39, 0.29) is 17.9 Å². The summed E-state index contributed by atoms with van der Waals surface area (Å²) in [7, 11) is 0. The average molecular weight is 392 g/mol. The van der Waals surface area contributed by atoms with Crippen LogP contribution in [0.15, 0.2) is 60.7 Å². The lowest BCUT2D eigenvalue weighted by molar-refractivity contribution is -0.136. The molecule has 0 bridgehead atoms. The standard InChI is InChI=1S/C22H24N4O3/c1-22(2,3)18-14-19(24-21(29)23-16-9-5-4-6-10-16)26(25-18)17-11-7-8-15(12-17)13-20(27)28/h4-12,14H,13H2,1-3H3,(H,27,28)(H2,23,24,29). The summed E-state index contributed by atoms with van der Waals surface area (Å²) in [5.74, 6) is -0.408. The molecule has 0 spiro atoms. The number of anilines is 2. The number of carboxylic acids is 1. The molecule has 3 rings (SSSR count). The van der Waals surface area contributed by atoms with Gasteiger partial charge in [-0.1, -0.05) is 51.1 Å². The van der Waals surface area contributed by atoms with Crippen molar-refractivity contribution in [3.8, 4) is 5.69 Å². The minimum Gasteiger partial charge on any atom is -0.481 e. The molecule has 1 heterocycles. The zero-order valence-corrected chi connectivity index (χ0v) is 16.6. The van der Waals surface area contributed by atoms with Crippen molar-refractivity contribution in [2.45, 2.75) is 32.6 Å². The molecule has 7 heteroatoms. The SMILES string of the molecule is CC(C)(C)c1cc(NC(=O)Nc2ccccc2)n(-c2cccc(CC(=O)O)c2)n1. The molecule has 1 aromatic heterocycles. The first-order valence-electron chi connectivity index (χ1n) is 9.27. The van der Waals surface area contributed by atoms with E-state index in [2.05, 4.69) is 15.7 Å². The Morgan fingerprint density at radius 3 is 2.38 bits per heavy atom. The van der Waals surface area contributed by atoms with Gasteiger partial charge in [0.05, 0.1) is 17.8 Å². The summed E-state index contributed by atoms with van der Waals surface area (Å²) in [5.41, 5.74) is 2.58. The van der Waals surface area contributed by atoms with E-state index in [1.165, 1.54) is 0 Å². The van der Waals surface area contributed by atoms with Gasteiger partial charge in [0.1, 0.15) is 5.82 Å². The Labute approximate surface area is 169 Å². The fraction of sp³-hybridized carbons (Fsp3) is 0.227. The zero-order chi connectivity index (χ0) is 21.0. The molecular weight excluding hydrogens is 368 g/mol. The van der Waals surface area contributed by atoms with Gasteiger partial charge >= 0.3 is 12.0 Å². The highest BCUT2D eigenvalue weighted by Crippen LogP contribution is 2.27. The number of para-hydroxylation sites is 1. The van der Waals surface area contributed by atoms with Gasteiger partial charge < -0.3 is 10.4 Å². The summed E-state index contributed by atoms with van der Waals surface area (Å²) >= 11 is 0. The molecule has 29 heavy (non-hydrogen) atoms. The van der Waals surface area contributed by atoms with Crippen molar-refractivity contribution in [2.75, 3.05) is 10.6 Å². The number of aliphatic carboxylic acids is 1. The van der Waals surface area contributed by atoms with Crippen LogP contribution in [0.2, 0.25) is 0 Å². The van der Waals surface area contributed by atoms with Crippen LogP contribution in [0, 0.1) is 0 Å². The van der Waals surface area contributed by atoms with Crippen molar-refractivity contribution >= 4 is 23.5 Å². The highest BCUT2D eigenvalue weighted by atomic mass is 16.4. The van der Waals surface area contributed by atoms with Gasteiger partial charge in [0.2, 0.25) is 0 Å². The van der Waals surface area contributed by atoms with E-state index in [9.17, 15) is 9.59 Å². The van der Waals surface area contributed by atoms with Gasteiger partial charge in [-0.25, -0.2) is 9.48 Å². The fourth-order valence-corrected chi connectivity index (χ4v) is 2.81.